The molecular formula is C18H18N2O3. The molecule has 118 valence electrons. The van der Waals surface area contributed by atoms with Crippen molar-refractivity contribution in [3.8, 4) is 0 Å². The first-order valence-corrected chi connectivity index (χ1v) is 7.07. The van der Waals surface area contributed by atoms with E-state index in [0.717, 1.165) is 11.1 Å². The van der Waals surface area contributed by atoms with Gasteiger partial charge in [0.2, 0.25) is 0 Å². The number of hydrogen-bond donors (Lipinski definition) is 3. The summed E-state index contributed by atoms with van der Waals surface area (Å²) in [5.74, 6) is -1.67. The fraction of sp³-hybridized carbons (Fsp3) is 0.111. The molecule has 5 nitrogen and oxygen atoms in total. The maximum absolute atomic E-state index is 12.1. The first kappa shape index (κ1) is 16.3. The van der Waals surface area contributed by atoms with Gasteiger partial charge in [0.05, 0.1) is 0 Å². The molecule has 4 N–H and O–H groups in total. The fourth-order valence-corrected chi connectivity index (χ4v) is 2.11. The van der Waals surface area contributed by atoms with E-state index in [1.807, 2.05) is 13.8 Å². The van der Waals surface area contributed by atoms with E-state index >= 15 is 0 Å². The highest BCUT2D eigenvalue weighted by Gasteiger charge is 2.14. The Labute approximate surface area is 134 Å². The molecule has 23 heavy (non-hydrogen) atoms. The van der Waals surface area contributed by atoms with Crippen LogP contribution >= 0.6 is 0 Å². The van der Waals surface area contributed by atoms with Crippen molar-refractivity contribution in [1.82, 2.24) is 5.32 Å². The minimum Gasteiger partial charge on any atom is -0.477 e. The second kappa shape index (κ2) is 6.79. The van der Waals surface area contributed by atoms with Crippen molar-refractivity contribution in [2.24, 2.45) is 0 Å². The molecule has 0 atom stereocenters. The highest BCUT2D eigenvalue weighted by atomic mass is 16.4. The molecule has 0 saturated heterocycles. The summed E-state index contributed by atoms with van der Waals surface area (Å²) in [6.07, 6.45) is 1.44. The lowest BCUT2D eigenvalue weighted by atomic mass is 10.0. The summed E-state index contributed by atoms with van der Waals surface area (Å²) in [6.45, 7) is 3.72. The molecule has 2 aromatic carbocycles. The summed E-state index contributed by atoms with van der Waals surface area (Å²) in [5.41, 5.74) is 9.13. The number of rotatable bonds is 4. The third-order valence-electron chi connectivity index (χ3n) is 3.69. The fourth-order valence-electron chi connectivity index (χ4n) is 2.11. The molecule has 0 heterocycles. The van der Waals surface area contributed by atoms with Gasteiger partial charge in [0, 0.05) is 11.3 Å². The number of carbonyl (C=O) groups is 2. The zero-order valence-corrected chi connectivity index (χ0v) is 13.0. The molecular weight excluding hydrogens is 292 g/mol. The first-order chi connectivity index (χ1) is 10.9. The van der Waals surface area contributed by atoms with Crippen LogP contribution in [0.3, 0.4) is 0 Å². The number of carboxylic acids is 1. The van der Waals surface area contributed by atoms with Gasteiger partial charge < -0.3 is 16.2 Å². The number of amides is 1. The molecule has 0 unspecified atom stereocenters. The Balaban J connectivity index is 2.34. The molecule has 2 rings (SSSR count). The van der Waals surface area contributed by atoms with Gasteiger partial charge in [-0.25, -0.2) is 4.79 Å². The average molecular weight is 310 g/mol. The van der Waals surface area contributed by atoms with Crippen LogP contribution in [-0.2, 0) is 4.79 Å². The number of aliphatic carboxylic acids is 1. The second-order valence-electron chi connectivity index (χ2n) is 5.18. The summed E-state index contributed by atoms with van der Waals surface area (Å²) in [4.78, 5) is 23.5. The third-order valence-corrected chi connectivity index (χ3v) is 3.69. The Morgan fingerprint density at radius 3 is 2.30 bits per heavy atom. The van der Waals surface area contributed by atoms with E-state index in [2.05, 4.69) is 5.32 Å². The second-order valence-corrected chi connectivity index (χ2v) is 5.18. The normalized spacial score (nSPS) is 11.1. The lowest BCUT2D eigenvalue weighted by Crippen LogP contribution is -2.27. The van der Waals surface area contributed by atoms with E-state index < -0.39 is 11.9 Å². The standard InChI is InChI=1S/C18H18N2O3/c1-11-12(2)15(19)9-8-14(11)10-16(18(22)23)20-17(21)13-6-4-3-5-7-13/h3-10H,19H2,1-2H3,(H,20,21)(H,22,23). The van der Waals surface area contributed by atoms with Crippen LogP contribution in [0.15, 0.2) is 48.2 Å². The molecule has 0 saturated carbocycles. The van der Waals surface area contributed by atoms with Gasteiger partial charge in [-0.15, -0.1) is 0 Å². The van der Waals surface area contributed by atoms with Crippen LogP contribution in [0.5, 0.6) is 0 Å². The molecule has 0 aromatic heterocycles. The van der Waals surface area contributed by atoms with Gasteiger partial charge in [-0.1, -0.05) is 24.3 Å². The monoisotopic (exact) mass is 310 g/mol. The number of nitrogens with one attached hydrogen (secondary N) is 1. The Bertz CT molecular complexity index is 780. The van der Waals surface area contributed by atoms with Gasteiger partial charge in [0.1, 0.15) is 5.70 Å². The maximum atomic E-state index is 12.1. The van der Waals surface area contributed by atoms with Gasteiger partial charge >= 0.3 is 5.97 Å². The van der Waals surface area contributed by atoms with Gasteiger partial charge in [0.15, 0.2) is 0 Å². The van der Waals surface area contributed by atoms with Crippen molar-refractivity contribution in [3.05, 3.63) is 70.4 Å². The first-order valence-electron chi connectivity index (χ1n) is 7.07. The van der Waals surface area contributed by atoms with Crippen molar-refractivity contribution in [1.29, 1.82) is 0 Å². The van der Waals surface area contributed by atoms with Crippen LogP contribution in [0.4, 0.5) is 5.69 Å². The zero-order chi connectivity index (χ0) is 17.0. The predicted octanol–water partition coefficient (Wildman–Crippen LogP) is 2.74. The molecule has 0 radical (unpaired) electrons. The minimum absolute atomic E-state index is 0.189. The van der Waals surface area contributed by atoms with Crippen LogP contribution in [0.2, 0.25) is 0 Å². The van der Waals surface area contributed by atoms with Crippen LogP contribution in [0, 0.1) is 13.8 Å². The number of anilines is 1. The van der Waals surface area contributed by atoms with E-state index in [4.69, 9.17) is 5.73 Å². The SMILES string of the molecule is Cc1c(N)ccc(C=C(NC(=O)c2ccccc2)C(=O)O)c1C. The molecule has 0 aliphatic heterocycles. The predicted molar refractivity (Wildman–Crippen MR) is 89.8 cm³/mol. The maximum Gasteiger partial charge on any atom is 0.352 e. The van der Waals surface area contributed by atoms with Crippen LogP contribution in [0.25, 0.3) is 6.08 Å². The zero-order valence-electron chi connectivity index (χ0n) is 13.0. The lowest BCUT2D eigenvalue weighted by Gasteiger charge is -2.10. The van der Waals surface area contributed by atoms with E-state index in [-0.39, 0.29) is 5.70 Å². The van der Waals surface area contributed by atoms with Crippen molar-refractivity contribution >= 4 is 23.6 Å². The van der Waals surface area contributed by atoms with Gasteiger partial charge in [-0.3, -0.25) is 4.79 Å². The third kappa shape index (κ3) is 3.77. The Hall–Kier alpha value is -3.08. The molecule has 2 aromatic rings. The van der Waals surface area contributed by atoms with Crippen molar-refractivity contribution < 1.29 is 14.7 Å². The Kier molecular flexibility index (Phi) is 4.81. The molecule has 0 bridgehead atoms. The number of carboxylic acid groups (broad SMARTS) is 1. The average Bonchev–Trinajstić information content (AvgIpc) is 2.55. The molecule has 5 heteroatoms. The Morgan fingerprint density at radius 2 is 1.70 bits per heavy atom. The van der Waals surface area contributed by atoms with Crippen LogP contribution in [-0.4, -0.2) is 17.0 Å². The largest absolute Gasteiger partial charge is 0.477 e. The smallest absolute Gasteiger partial charge is 0.352 e. The minimum atomic E-state index is -1.21. The van der Waals surface area contributed by atoms with E-state index in [0.29, 0.717) is 16.8 Å². The number of nitrogen functional groups attached to an aromatic ring is 1. The van der Waals surface area contributed by atoms with Crippen molar-refractivity contribution in [2.75, 3.05) is 5.73 Å². The number of nitrogens with two attached hydrogens (primary N) is 1. The van der Waals surface area contributed by atoms with Gasteiger partial charge in [0.25, 0.3) is 5.91 Å². The summed E-state index contributed by atoms with van der Waals surface area (Å²) < 4.78 is 0. The highest BCUT2D eigenvalue weighted by Crippen LogP contribution is 2.21. The number of carbonyl (C=O) groups excluding carboxylic acids is 1. The lowest BCUT2D eigenvalue weighted by molar-refractivity contribution is -0.132. The Morgan fingerprint density at radius 1 is 1.04 bits per heavy atom. The van der Waals surface area contributed by atoms with Gasteiger partial charge in [-0.05, 0) is 54.8 Å². The van der Waals surface area contributed by atoms with E-state index in [1.54, 1.807) is 42.5 Å². The highest BCUT2D eigenvalue weighted by molar-refractivity contribution is 6.02. The molecule has 0 fully saturated rings. The topological polar surface area (TPSA) is 92.4 Å². The van der Waals surface area contributed by atoms with Crippen LogP contribution in [0.1, 0.15) is 27.0 Å². The molecule has 0 aliphatic carbocycles. The van der Waals surface area contributed by atoms with Crippen molar-refractivity contribution in [2.45, 2.75) is 13.8 Å². The number of benzene rings is 2. The van der Waals surface area contributed by atoms with Crippen molar-refractivity contribution in [3.63, 3.8) is 0 Å². The summed E-state index contributed by atoms with van der Waals surface area (Å²) in [7, 11) is 0. The summed E-state index contributed by atoms with van der Waals surface area (Å²) in [5, 5.41) is 11.8. The van der Waals surface area contributed by atoms with Crippen LogP contribution < -0.4 is 11.1 Å². The van der Waals surface area contributed by atoms with E-state index in [1.165, 1.54) is 6.08 Å². The van der Waals surface area contributed by atoms with E-state index in [9.17, 15) is 14.7 Å². The molecule has 0 aliphatic rings. The molecule has 1 amide bonds. The number of hydrogen-bond acceptors (Lipinski definition) is 3. The molecule has 0 spiro atoms. The van der Waals surface area contributed by atoms with Gasteiger partial charge in [-0.2, -0.15) is 0 Å². The quantitative estimate of drug-likeness (QED) is 0.598. The summed E-state index contributed by atoms with van der Waals surface area (Å²) >= 11 is 0. The summed E-state index contributed by atoms with van der Waals surface area (Å²) in [6, 6.07) is 11.9.